The zero-order valence-electron chi connectivity index (χ0n) is 17.2. The zero-order chi connectivity index (χ0) is 20.1. The Hall–Kier alpha value is -2.32. The summed E-state index contributed by atoms with van der Waals surface area (Å²) in [5.41, 5.74) is 2.52. The van der Waals surface area contributed by atoms with Gasteiger partial charge >= 0.3 is 0 Å². The fourth-order valence-electron chi connectivity index (χ4n) is 3.62. The average molecular weight is 387 g/mol. The summed E-state index contributed by atoms with van der Waals surface area (Å²) in [7, 11) is 0. The molecule has 1 atom stereocenters. The predicted octanol–water partition coefficient (Wildman–Crippen LogP) is 2.42. The lowest BCUT2D eigenvalue weighted by molar-refractivity contribution is -0.118. The summed E-state index contributed by atoms with van der Waals surface area (Å²) >= 11 is 0. The zero-order valence-corrected chi connectivity index (χ0v) is 17.2. The van der Waals surface area contributed by atoms with Crippen LogP contribution in [0, 0.1) is 20.8 Å². The summed E-state index contributed by atoms with van der Waals surface area (Å²) in [6, 6.07) is 4.05. The molecule has 0 aromatic carbocycles. The second-order valence-electron chi connectivity index (χ2n) is 7.36. The fraction of sp³-hybridized carbons (Fsp3) is 0.600. The van der Waals surface area contributed by atoms with E-state index in [1.165, 1.54) is 6.42 Å². The topological polar surface area (TPSA) is 85.2 Å². The molecule has 3 heterocycles. The third-order valence-electron chi connectivity index (χ3n) is 4.87. The van der Waals surface area contributed by atoms with Gasteiger partial charge in [0, 0.05) is 30.1 Å². The van der Waals surface area contributed by atoms with Gasteiger partial charge in [-0.25, -0.2) is 9.97 Å². The minimum Gasteiger partial charge on any atom is -0.380 e. The van der Waals surface area contributed by atoms with Gasteiger partial charge in [-0.2, -0.15) is 9.78 Å². The molecule has 152 valence electrons. The molecule has 1 aliphatic heterocycles. The van der Waals surface area contributed by atoms with Gasteiger partial charge < -0.3 is 10.1 Å². The van der Waals surface area contributed by atoms with Crippen LogP contribution in [-0.2, 0) is 9.53 Å². The lowest BCUT2D eigenvalue weighted by atomic mass is 10.0. The number of rotatable bonds is 7. The molecule has 1 unspecified atom stereocenters. The summed E-state index contributed by atoms with van der Waals surface area (Å²) in [5, 5.41) is 7.45. The van der Waals surface area contributed by atoms with Gasteiger partial charge in [0.25, 0.3) is 5.95 Å². The van der Waals surface area contributed by atoms with E-state index in [9.17, 15) is 4.79 Å². The molecule has 1 amide bonds. The number of nitrogens with one attached hydrogen (secondary N) is 1. The number of ether oxygens (including phenoxy) is 1. The van der Waals surface area contributed by atoms with E-state index in [0.29, 0.717) is 37.6 Å². The predicted molar refractivity (Wildman–Crippen MR) is 108 cm³/mol. The normalized spacial score (nSPS) is 17.6. The maximum absolute atomic E-state index is 12.8. The van der Waals surface area contributed by atoms with E-state index in [1.807, 2.05) is 39.8 Å². The summed E-state index contributed by atoms with van der Waals surface area (Å²) in [4.78, 5) is 23.9. The van der Waals surface area contributed by atoms with Crippen LogP contribution in [0.2, 0.25) is 0 Å². The maximum Gasteiger partial charge on any atom is 0.252 e. The molecule has 0 spiro atoms. The van der Waals surface area contributed by atoms with Crippen molar-refractivity contribution in [2.24, 2.45) is 0 Å². The van der Waals surface area contributed by atoms with Crippen molar-refractivity contribution in [2.75, 3.05) is 31.6 Å². The number of amides is 1. The lowest BCUT2D eigenvalue weighted by Crippen LogP contribution is -2.46. The van der Waals surface area contributed by atoms with Crippen molar-refractivity contribution in [3.05, 3.63) is 29.2 Å². The number of carbonyl (C=O) groups is 1. The van der Waals surface area contributed by atoms with Crippen LogP contribution in [0.4, 0.5) is 5.82 Å². The highest BCUT2D eigenvalue weighted by Crippen LogP contribution is 2.19. The molecular formula is C20H30N6O2. The van der Waals surface area contributed by atoms with Gasteiger partial charge in [-0.15, -0.1) is 0 Å². The quantitative estimate of drug-likeness (QED) is 0.787. The van der Waals surface area contributed by atoms with Crippen LogP contribution in [0.1, 0.15) is 43.3 Å². The number of piperidine rings is 1. The number of nitrogens with zero attached hydrogens (tertiary/aromatic N) is 5. The minimum absolute atomic E-state index is 0.0612. The van der Waals surface area contributed by atoms with Crippen molar-refractivity contribution < 1.29 is 9.53 Å². The Labute approximate surface area is 166 Å². The van der Waals surface area contributed by atoms with Crippen LogP contribution < -0.4 is 5.32 Å². The monoisotopic (exact) mass is 386 g/mol. The van der Waals surface area contributed by atoms with Gasteiger partial charge in [0.15, 0.2) is 0 Å². The Balaban J connectivity index is 1.72. The highest BCUT2D eigenvalue weighted by atomic mass is 16.5. The standard InChI is InChI=1S/C20H30N6O2/c1-5-28-13-17-8-6-7-9-25(17)12-19(27)23-18-11-16(4)24-26(18)20-21-14(2)10-15(3)22-20/h10-11,17H,5-9,12-13H2,1-4H3,(H,23,27). The number of aryl methyl sites for hydroxylation is 3. The molecule has 1 aliphatic rings. The molecule has 1 saturated heterocycles. The van der Waals surface area contributed by atoms with Crippen LogP contribution >= 0.6 is 0 Å². The largest absolute Gasteiger partial charge is 0.380 e. The van der Waals surface area contributed by atoms with E-state index in [1.54, 1.807) is 4.68 Å². The molecule has 28 heavy (non-hydrogen) atoms. The first kappa shape index (κ1) is 20.4. The number of likely N-dealkylation sites (tertiary alicyclic amines) is 1. The lowest BCUT2D eigenvalue weighted by Gasteiger charge is -2.34. The third-order valence-corrected chi connectivity index (χ3v) is 4.87. The number of hydrogen-bond acceptors (Lipinski definition) is 6. The smallest absolute Gasteiger partial charge is 0.252 e. The molecule has 3 rings (SSSR count). The molecule has 0 radical (unpaired) electrons. The molecule has 1 fully saturated rings. The summed E-state index contributed by atoms with van der Waals surface area (Å²) in [6.07, 6.45) is 3.37. The van der Waals surface area contributed by atoms with Crippen LogP contribution in [0.3, 0.4) is 0 Å². The van der Waals surface area contributed by atoms with Gasteiger partial charge in [0.2, 0.25) is 5.91 Å². The first-order chi connectivity index (χ1) is 13.5. The van der Waals surface area contributed by atoms with Crippen molar-refractivity contribution in [3.8, 4) is 5.95 Å². The summed E-state index contributed by atoms with van der Waals surface area (Å²) in [6.45, 7) is 10.4. The van der Waals surface area contributed by atoms with Crippen LogP contribution in [0.5, 0.6) is 0 Å². The highest BCUT2D eigenvalue weighted by Gasteiger charge is 2.25. The van der Waals surface area contributed by atoms with E-state index >= 15 is 0 Å². The minimum atomic E-state index is -0.0612. The van der Waals surface area contributed by atoms with Crippen molar-refractivity contribution in [2.45, 2.75) is 53.0 Å². The van der Waals surface area contributed by atoms with E-state index in [2.05, 4.69) is 25.3 Å². The molecule has 0 aliphatic carbocycles. The molecule has 0 bridgehead atoms. The van der Waals surface area contributed by atoms with Crippen LogP contribution in [0.25, 0.3) is 5.95 Å². The summed E-state index contributed by atoms with van der Waals surface area (Å²) < 4.78 is 7.20. The van der Waals surface area contributed by atoms with E-state index < -0.39 is 0 Å². The van der Waals surface area contributed by atoms with Gasteiger partial charge in [0.05, 0.1) is 18.8 Å². The Bertz CT molecular complexity index is 799. The molecule has 8 nitrogen and oxygen atoms in total. The Morgan fingerprint density at radius 2 is 1.93 bits per heavy atom. The molecule has 1 N–H and O–H groups in total. The van der Waals surface area contributed by atoms with Gasteiger partial charge in [-0.05, 0) is 53.1 Å². The molecule has 2 aromatic heterocycles. The SMILES string of the molecule is CCOCC1CCCCN1CC(=O)Nc1cc(C)nn1-c1nc(C)cc(C)n1. The number of aromatic nitrogens is 4. The van der Waals surface area contributed by atoms with E-state index in [-0.39, 0.29) is 5.91 Å². The Morgan fingerprint density at radius 3 is 2.64 bits per heavy atom. The molecular weight excluding hydrogens is 356 g/mol. The second kappa shape index (κ2) is 9.25. The second-order valence-corrected chi connectivity index (χ2v) is 7.36. The fourth-order valence-corrected chi connectivity index (χ4v) is 3.62. The molecule has 0 saturated carbocycles. The third kappa shape index (κ3) is 5.14. The number of hydrogen-bond donors (Lipinski definition) is 1. The Kier molecular flexibility index (Phi) is 6.74. The van der Waals surface area contributed by atoms with Crippen molar-refractivity contribution >= 4 is 11.7 Å². The van der Waals surface area contributed by atoms with E-state index in [4.69, 9.17) is 4.74 Å². The van der Waals surface area contributed by atoms with Crippen molar-refractivity contribution in [1.82, 2.24) is 24.6 Å². The molecule has 8 heteroatoms. The van der Waals surface area contributed by atoms with Gasteiger partial charge in [-0.3, -0.25) is 9.69 Å². The first-order valence-electron chi connectivity index (χ1n) is 9.97. The average Bonchev–Trinajstić information content (AvgIpc) is 3.00. The van der Waals surface area contributed by atoms with Crippen molar-refractivity contribution in [1.29, 1.82) is 0 Å². The summed E-state index contributed by atoms with van der Waals surface area (Å²) in [5.74, 6) is 0.993. The van der Waals surface area contributed by atoms with Crippen LogP contribution in [-0.4, -0.2) is 62.9 Å². The van der Waals surface area contributed by atoms with Gasteiger partial charge in [0.1, 0.15) is 5.82 Å². The highest BCUT2D eigenvalue weighted by molar-refractivity contribution is 5.91. The van der Waals surface area contributed by atoms with Crippen LogP contribution in [0.15, 0.2) is 12.1 Å². The number of anilines is 1. The maximum atomic E-state index is 12.8. The van der Waals surface area contributed by atoms with E-state index in [0.717, 1.165) is 36.5 Å². The molecule has 2 aromatic rings. The Morgan fingerprint density at radius 1 is 1.18 bits per heavy atom. The van der Waals surface area contributed by atoms with Gasteiger partial charge in [-0.1, -0.05) is 6.42 Å². The van der Waals surface area contributed by atoms with Crippen molar-refractivity contribution in [3.63, 3.8) is 0 Å². The number of carbonyl (C=O) groups excluding carboxylic acids is 1. The first-order valence-corrected chi connectivity index (χ1v) is 9.97.